The van der Waals surface area contributed by atoms with Gasteiger partial charge >= 0.3 is 51.4 Å². The van der Waals surface area contributed by atoms with Crippen LogP contribution in [0.2, 0.25) is 0 Å². The number of hydrogen-bond donors (Lipinski definition) is 1. The van der Waals surface area contributed by atoms with E-state index in [1.54, 1.807) is 0 Å². The summed E-state index contributed by atoms with van der Waals surface area (Å²) in [4.78, 5) is -2.06. The normalized spacial score (nSPS) is 13.9. The van der Waals surface area contributed by atoms with Crippen molar-refractivity contribution in [3.63, 3.8) is 0 Å². The van der Waals surface area contributed by atoms with E-state index in [-0.39, 0.29) is 64.2 Å². The summed E-state index contributed by atoms with van der Waals surface area (Å²) in [5.41, 5.74) is 0. The molecule has 0 fully saturated rings. The van der Waals surface area contributed by atoms with E-state index in [0.717, 1.165) is 25.7 Å². The Kier molecular flexibility index (Phi) is 22.1. The van der Waals surface area contributed by atoms with Gasteiger partial charge in [0.15, 0.2) is 4.93 Å². The molecule has 0 aliphatic carbocycles. The van der Waals surface area contributed by atoms with E-state index < -0.39 is 15.1 Å². The first-order valence-electron chi connectivity index (χ1n) is 11.0. The van der Waals surface area contributed by atoms with Gasteiger partial charge in [-0.1, -0.05) is 104 Å². The first-order chi connectivity index (χ1) is 12.4. The van der Waals surface area contributed by atoms with Crippen molar-refractivity contribution in [2.45, 2.75) is 134 Å². The standard InChI is InChI=1S/C21H44O4S.K/c1-3-5-7-8-9-10-11-12-13-14-15-16-17-18-20-21(22,19-6-4-2)26(23,24)25;/h22H,3-20H2,1-2H3,(H,23,24,25);/q;+1/p-1. The number of hydrogen-bond acceptors (Lipinski definition) is 4. The van der Waals surface area contributed by atoms with Crippen molar-refractivity contribution in [3.05, 3.63) is 0 Å². The molecule has 0 saturated heterocycles. The van der Waals surface area contributed by atoms with Crippen molar-refractivity contribution < 1.29 is 69.5 Å². The van der Waals surface area contributed by atoms with Crippen molar-refractivity contribution in [2.75, 3.05) is 0 Å². The summed E-state index contributed by atoms with van der Waals surface area (Å²) in [5.74, 6) is 0. The van der Waals surface area contributed by atoms with Crippen LogP contribution in [0.15, 0.2) is 0 Å². The quantitative estimate of drug-likeness (QED) is 0.194. The zero-order valence-corrected chi connectivity index (χ0v) is 22.2. The molecule has 1 unspecified atom stereocenters. The molecule has 0 radical (unpaired) electrons. The number of aliphatic hydroxyl groups is 1. The van der Waals surface area contributed by atoms with Gasteiger partial charge < -0.3 is 9.66 Å². The van der Waals surface area contributed by atoms with Crippen LogP contribution in [-0.4, -0.2) is 23.0 Å². The fourth-order valence-corrected chi connectivity index (χ4v) is 4.21. The summed E-state index contributed by atoms with van der Waals surface area (Å²) in [5, 5.41) is 10.2. The van der Waals surface area contributed by atoms with Crippen LogP contribution in [0.3, 0.4) is 0 Å². The molecular formula is C21H43KO4S. The van der Waals surface area contributed by atoms with Crippen LogP contribution in [0.1, 0.15) is 129 Å². The molecule has 0 amide bonds. The Hall–Kier alpha value is 1.51. The molecule has 0 aromatic carbocycles. The van der Waals surface area contributed by atoms with Crippen LogP contribution < -0.4 is 51.4 Å². The molecule has 0 bridgehead atoms. The van der Waals surface area contributed by atoms with Crippen molar-refractivity contribution in [1.82, 2.24) is 0 Å². The summed E-state index contributed by atoms with van der Waals surface area (Å²) in [6, 6.07) is 0. The Morgan fingerprint density at radius 3 is 1.26 bits per heavy atom. The molecule has 0 aliphatic rings. The topological polar surface area (TPSA) is 77.4 Å². The summed E-state index contributed by atoms with van der Waals surface area (Å²) in [6.45, 7) is 4.17. The van der Waals surface area contributed by atoms with E-state index in [1.165, 1.54) is 64.2 Å². The molecule has 0 aromatic heterocycles. The summed E-state index contributed by atoms with van der Waals surface area (Å²) >= 11 is 0. The molecule has 0 saturated carbocycles. The van der Waals surface area contributed by atoms with Gasteiger partial charge in [0.25, 0.3) is 0 Å². The Labute approximate surface area is 211 Å². The summed E-state index contributed by atoms with van der Waals surface area (Å²) in [6.07, 6.45) is 18.6. The van der Waals surface area contributed by atoms with E-state index in [4.69, 9.17) is 0 Å². The zero-order valence-electron chi connectivity index (χ0n) is 18.3. The first-order valence-corrected chi connectivity index (χ1v) is 12.5. The smallest absolute Gasteiger partial charge is 0.746 e. The largest absolute Gasteiger partial charge is 1.00 e. The minimum Gasteiger partial charge on any atom is -0.746 e. The van der Waals surface area contributed by atoms with Crippen molar-refractivity contribution in [3.8, 4) is 0 Å². The van der Waals surface area contributed by atoms with Gasteiger partial charge in [-0.2, -0.15) is 0 Å². The fourth-order valence-electron chi connectivity index (χ4n) is 3.42. The molecule has 0 aromatic rings. The third kappa shape index (κ3) is 16.9. The van der Waals surface area contributed by atoms with E-state index in [1.807, 2.05) is 6.92 Å². The Bertz CT molecular complexity index is 414. The van der Waals surface area contributed by atoms with Crippen LogP contribution >= 0.6 is 0 Å². The number of unbranched alkanes of at least 4 members (excludes halogenated alkanes) is 14. The molecule has 27 heavy (non-hydrogen) atoms. The van der Waals surface area contributed by atoms with Gasteiger partial charge in [-0.25, -0.2) is 8.42 Å². The minimum atomic E-state index is -4.65. The Balaban J connectivity index is 0. The van der Waals surface area contributed by atoms with E-state index in [9.17, 15) is 18.1 Å². The predicted molar refractivity (Wildman–Crippen MR) is 109 cm³/mol. The maximum Gasteiger partial charge on any atom is 1.00 e. The van der Waals surface area contributed by atoms with Gasteiger partial charge in [-0.05, 0) is 25.7 Å². The maximum atomic E-state index is 11.3. The molecular weight excluding hydrogens is 387 g/mol. The molecule has 6 heteroatoms. The summed E-state index contributed by atoms with van der Waals surface area (Å²) < 4.78 is 34.0. The number of rotatable bonds is 19. The second-order valence-electron chi connectivity index (χ2n) is 7.85. The zero-order chi connectivity index (χ0) is 19.7. The monoisotopic (exact) mass is 430 g/mol. The van der Waals surface area contributed by atoms with Crippen molar-refractivity contribution >= 4 is 10.1 Å². The first kappa shape index (κ1) is 30.7. The van der Waals surface area contributed by atoms with Crippen molar-refractivity contribution in [2.24, 2.45) is 0 Å². The van der Waals surface area contributed by atoms with Crippen LogP contribution in [0.4, 0.5) is 0 Å². The molecule has 158 valence electrons. The summed E-state index contributed by atoms with van der Waals surface area (Å²) in [7, 11) is -4.65. The van der Waals surface area contributed by atoms with Crippen LogP contribution in [-0.2, 0) is 10.1 Å². The van der Waals surface area contributed by atoms with Crippen LogP contribution in [0, 0.1) is 0 Å². The third-order valence-electron chi connectivity index (χ3n) is 5.31. The van der Waals surface area contributed by atoms with Gasteiger partial charge in [0.2, 0.25) is 0 Å². The second kappa shape index (κ2) is 19.5. The molecule has 1 N–H and O–H groups in total. The minimum absolute atomic E-state index is 0. The van der Waals surface area contributed by atoms with E-state index in [2.05, 4.69) is 6.92 Å². The maximum absolute atomic E-state index is 11.3. The van der Waals surface area contributed by atoms with Crippen molar-refractivity contribution in [1.29, 1.82) is 0 Å². The third-order valence-corrected chi connectivity index (χ3v) is 6.65. The van der Waals surface area contributed by atoms with Gasteiger partial charge in [0, 0.05) is 0 Å². The van der Waals surface area contributed by atoms with Gasteiger partial charge in [-0.3, -0.25) is 0 Å². The Morgan fingerprint density at radius 1 is 0.630 bits per heavy atom. The molecule has 0 aliphatic heterocycles. The van der Waals surface area contributed by atoms with Crippen LogP contribution in [0.5, 0.6) is 0 Å². The molecule has 0 rings (SSSR count). The molecule has 4 nitrogen and oxygen atoms in total. The predicted octanol–water partition coefficient (Wildman–Crippen LogP) is 3.29. The van der Waals surface area contributed by atoms with Gasteiger partial charge in [-0.15, -0.1) is 0 Å². The van der Waals surface area contributed by atoms with Crippen LogP contribution in [0.25, 0.3) is 0 Å². The van der Waals surface area contributed by atoms with E-state index >= 15 is 0 Å². The molecule has 0 heterocycles. The second-order valence-corrected chi connectivity index (χ2v) is 9.52. The Morgan fingerprint density at radius 2 is 0.926 bits per heavy atom. The van der Waals surface area contributed by atoms with E-state index in [0.29, 0.717) is 12.8 Å². The van der Waals surface area contributed by atoms with Gasteiger partial charge in [0.1, 0.15) is 10.1 Å². The molecule has 1 atom stereocenters. The molecule has 0 spiro atoms. The fraction of sp³-hybridized carbons (Fsp3) is 1.00. The SMILES string of the molecule is CCCCCCCCCCCCCCCCC(O)(CCCC)S(=O)(=O)[O-].[K+]. The average molecular weight is 431 g/mol. The average Bonchev–Trinajstić information content (AvgIpc) is 2.59. The van der Waals surface area contributed by atoms with Gasteiger partial charge in [0.05, 0.1) is 0 Å².